The number of hydrogen-bond donors (Lipinski definition) is 2. The van der Waals surface area contributed by atoms with Crippen LogP contribution in [0.5, 0.6) is 0 Å². The van der Waals surface area contributed by atoms with Gasteiger partial charge in [0.2, 0.25) is 5.91 Å². The fraction of sp³-hybridized carbons (Fsp3) is 0.227. The quantitative estimate of drug-likeness (QED) is 0.593. The molecule has 1 aliphatic rings. The first kappa shape index (κ1) is 19.2. The predicted octanol–water partition coefficient (Wildman–Crippen LogP) is 5.54. The summed E-state index contributed by atoms with van der Waals surface area (Å²) in [5.41, 5.74) is 4.37. The van der Waals surface area contributed by atoms with E-state index in [2.05, 4.69) is 33.5 Å². The summed E-state index contributed by atoms with van der Waals surface area (Å²) in [5.74, 6) is 2.04. The van der Waals surface area contributed by atoms with Gasteiger partial charge < -0.3 is 9.73 Å². The number of furan rings is 1. The Hall–Kier alpha value is -3.12. The zero-order valence-electron chi connectivity index (χ0n) is 16.4. The molecule has 7 heteroatoms. The molecule has 0 aromatic carbocycles. The molecule has 1 atom stereocenters. The molecule has 2 N–H and O–H groups in total. The standard InChI is InChI=1S/C22H21ClN4O2/c1-12-4-5-15(18(23)8-12)22-17(19-6-7-25-27-19)9-20(29-22)16-10-21(26-14(3)28)24-11-13(16)2/h5-12H,4H2,1-3H3,(H,25,27)(H,24,26,28). The number of allylic oxidation sites excluding steroid dienone is 4. The summed E-state index contributed by atoms with van der Waals surface area (Å²) in [6.07, 6.45) is 8.46. The van der Waals surface area contributed by atoms with Crippen molar-refractivity contribution >= 4 is 28.9 Å². The molecule has 0 aliphatic heterocycles. The normalized spacial score (nSPS) is 16.3. The van der Waals surface area contributed by atoms with E-state index < -0.39 is 0 Å². The minimum Gasteiger partial charge on any atom is -0.455 e. The summed E-state index contributed by atoms with van der Waals surface area (Å²) < 4.78 is 6.33. The lowest BCUT2D eigenvalue weighted by Gasteiger charge is -2.14. The fourth-order valence-electron chi connectivity index (χ4n) is 3.38. The fourth-order valence-corrected chi connectivity index (χ4v) is 3.76. The lowest BCUT2D eigenvalue weighted by Crippen LogP contribution is -2.07. The Morgan fingerprint density at radius 2 is 2.17 bits per heavy atom. The van der Waals surface area contributed by atoms with Gasteiger partial charge in [0.25, 0.3) is 0 Å². The summed E-state index contributed by atoms with van der Waals surface area (Å²) in [6, 6.07) is 5.67. The number of hydrogen-bond acceptors (Lipinski definition) is 4. The molecule has 29 heavy (non-hydrogen) atoms. The van der Waals surface area contributed by atoms with Crippen LogP contribution in [-0.4, -0.2) is 21.1 Å². The molecule has 3 heterocycles. The van der Waals surface area contributed by atoms with Gasteiger partial charge in [0, 0.05) is 41.0 Å². The number of halogens is 1. The number of anilines is 1. The van der Waals surface area contributed by atoms with Gasteiger partial charge in [-0.15, -0.1) is 0 Å². The highest BCUT2D eigenvalue weighted by molar-refractivity contribution is 6.37. The van der Waals surface area contributed by atoms with E-state index in [1.807, 2.05) is 31.2 Å². The van der Waals surface area contributed by atoms with Crippen LogP contribution < -0.4 is 5.32 Å². The van der Waals surface area contributed by atoms with Crippen LogP contribution in [0.25, 0.3) is 28.2 Å². The second kappa shape index (κ2) is 7.72. The van der Waals surface area contributed by atoms with Crippen molar-refractivity contribution in [2.24, 2.45) is 5.92 Å². The molecular weight excluding hydrogens is 388 g/mol. The Labute approximate surface area is 173 Å². The van der Waals surface area contributed by atoms with Crippen LogP contribution in [0.1, 0.15) is 31.6 Å². The van der Waals surface area contributed by atoms with Crippen LogP contribution in [-0.2, 0) is 4.79 Å². The Kier molecular flexibility index (Phi) is 5.11. The van der Waals surface area contributed by atoms with E-state index >= 15 is 0 Å². The van der Waals surface area contributed by atoms with Gasteiger partial charge in [0.15, 0.2) is 0 Å². The number of carbonyl (C=O) groups is 1. The van der Waals surface area contributed by atoms with Crippen LogP contribution in [0, 0.1) is 12.8 Å². The van der Waals surface area contributed by atoms with Crippen molar-refractivity contribution in [3.05, 3.63) is 59.1 Å². The first-order valence-corrected chi connectivity index (χ1v) is 9.76. The number of carbonyl (C=O) groups excluding carboxylic acids is 1. The number of amides is 1. The smallest absolute Gasteiger partial charge is 0.222 e. The molecule has 0 saturated carbocycles. The lowest BCUT2D eigenvalue weighted by atomic mass is 9.95. The molecule has 1 amide bonds. The molecule has 4 rings (SSSR count). The van der Waals surface area contributed by atoms with E-state index in [1.165, 1.54) is 6.92 Å². The minimum atomic E-state index is -0.177. The van der Waals surface area contributed by atoms with Crippen molar-refractivity contribution < 1.29 is 9.21 Å². The maximum atomic E-state index is 11.4. The van der Waals surface area contributed by atoms with Crippen LogP contribution in [0.2, 0.25) is 0 Å². The molecule has 0 radical (unpaired) electrons. The molecule has 3 aromatic rings. The molecule has 0 spiro atoms. The number of nitrogens with one attached hydrogen (secondary N) is 2. The van der Waals surface area contributed by atoms with Crippen LogP contribution in [0.3, 0.4) is 0 Å². The number of nitrogens with zero attached hydrogens (tertiary/aromatic N) is 2. The monoisotopic (exact) mass is 408 g/mol. The second-order valence-electron chi connectivity index (χ2n) is 7.23. The van der Waals surface area contributed by atoms with Gasteiger partial charge in [-0.2, -0.15) is 5.10 Å². The van der Waals surface area contributed by atoms with E-state index in [4.69, 9.17) is 16.0 Å². The molecule has 3 aromatic heterocycles. The average molecular weight is 409 g/mol. The number of H-pyrrole nitrogens is 1. The van der Waals surface area contributed by atoms with Crippen molar-refractivity contribution in [1.29, 1.82) is 0 Å². The Balaban J connectivity index is 1.85. The second-order valence-corrected chi connectivity index (χ2v) is 7.64. The molecule has 148 valence electrons. The highest BCUT2D eigenvalue weighted by Crippen LogP contribution is 2.42. The van der Waals surface area contributed by atoms with E-state index in [1.54, 1.807) is 12.4 Å². The lowest BCUT2D eigenvalue weighted by molar-refractivity contribution is -0.114. The van der Waals surface area contributed by atoms with Gasteiger partial charge in [-0.1, -0.05) is 30.7 Å². The third kappa shape index (κ3) is 3.89. The summed E-state index contributed by atoms with van der Waals surface area (Å²) >= 11 is 6.56. The van der Waals surface area contributed by atoms with Crippen LogP contribution in [0.4, 0.5) is 5.82 Å². The third-order valence-corrected chi connectivity index (χ3v) is 5.15. The van der Waals surface area contributed by atoms with Crippen molar-refractivity contribution in [3.8, 4) is 22.6 Å². The molecule has 6 nitrogen and oxygen atoms in total. The Bertz CT molecular complexity index is 1130. The zero-order chi connectivity index (χ0) is 20.5. The maximum Gasteiger partial charge on any atom is 0.222 e. The average Bonchev–Trinajstić information content (AvgIpc) is 3.32. The molecule has 1 unspecified atom stereocenters. The predicted molar refractivity (Wildman–Crippen MR) is 114 cm³/mol. The van der Waals surface area contributed by atoms with Crippen molar-refractivity contribution in [2.45, 2.75) is 27.2 Å². The van der Waals surface area contributed by atoms with Crippen molar-refractivity contribution in [3.63, 3.8) is 0 Å². The molecule has 0 bridgehead atoms. The number of aromatic nitrogens is 3. The number of aryl methyl sites for hydroxylation is 1. The first-order chi connectivity index (χ1) is 13.9. The molecule has 0 fully saturated rings. The Morgan fingerprint density at radius 1 is 1.34 bits per heavy atom. The van der Waals surface area contributed by atoms with Crippen LogP contribution in [0.15, 0.2) is 52.2 Å². The number of aromatic amines is 1. The molecule has 0 saturated heterocycles. The number of pyridine rings is 1. The zero-order valence-corrected chi connectivity index (χ0v) is 17.2. The topological polar surface area (TPSA) is 83.8 Å². The first-order valence-electron chi connectivity index (χ1n) is 9.38. The van der Waals surface area contributed by atoms with E-state index in [0.29, 0.717) is 28.3 Å². The SMILES string of the molecule is CC(=O)Nc1cc(-c2cc(-c3ccn[nH]3)c(C3=CCC(C)C=C3Cl)o2)c(C)cn1. The largest absolute Gasteiger partial charge is 0.455 e. The summed E-state index contributed by atoms with van der Waals surface area (Å²) in [6.45, 7) is 5.53. The summed E-state index contributed by atoms with van der Waals surface area (Å²) in [5, 5.41) is 10.5. The highest BCUT2D eigenvalue weighted by atomic mass is 35.5. The van der Waals surface area contributed by atoms with E-state index in [0.717, 1.165) is 34.4 Å². The van der Waals surface area contributed by atoms with E-state index in [9.17, 15) is 4.79 Å². The molecular formula is C22H21ClN4O2. The Morgan fingerprint density at radius 3 is 2.86 bits per heavy atom. The van der Waals surface area contributed by atoms with Gasteiger partial charge in [0.1, 0.15) is 17.3 Å². The van der Waals surface area contributed by atoms with Gasteiger partial charge in [-0.25, -0.2) is 4.98 Å². The number of rotatable bonds is 4. The van der Waals surface area contributed by atoms with Gasteiger partial charge in [-0.3, -0.25) is 9.89 Å². The van der Waals surface area contributed by atoms with Gasteiger partial charge in [0.05, 0.1) is 5.69 Å². The minimum absolute atomic E-state index is 0.177. The van der Waals surface area contributed by atoms with Gasteiger partial charge in [-0.05, 0) is 43.0 Å². The highest BCUT2D eigenvalue weighted by Gasteiger charge is 2.23. The maximum absolute atomic E-state index is 11.4. The van der Waals surface area contributed by atoms with Crippen LogP contribution >= 0.6 is 11.6 Å². The molecule has 1 aliphatic carbocycles. The van der Waals surface area contributed by atoms with Gasteiger partial charge >= 0.3 is 0 Å². The van der Waals surface area contributed by atoms with Crippen molar-refractivity contribution in [2.75, 3.05) is 5.32 Å². The summed E-state index contributed by atoms with van der Waals surface area (Å²) in [4.78, 5) is 15.7. The van der Waals surface area contributed by atoms with E-state index in [-0.39, 0.29) is 5.91 Å². The van der Waals surface area contributed by atoms with Crippen molar-refractivity contribution in [1.82, 2.24) is 15.2 Å². The summed E-state index contributed by atoms with van der Waals surface area (Å²) in [7, 11) is 0. The third-order valence-electron chi connectivity index (χ3n) is 4.82.